The predicted octanol–water partition coefficient (Wildman–Crippen LogP) is 20.4. The van der Waals surface area contributed by atoms with Gasteiger partial charge in [-0.05, 0) is 157 Å². The summed E-state index contributed by atoms with van der Waals surface area (Å²) in [5.41, 5.74) is 15.0. The lowest BCUT2D eigenvalue weighted by molar-refractivity contribution is 0.633. The van der Waals surface area contributed by atoms with Crippen molar-refractivity contribution in [2.24, 2.45) is 0 Å². The van der Waals surface area contributed by atoms with Crippen LogP contribution in [0.25, 0.3) is 72.0 Å². The molecule has 0 atom stereocenters. The number of rotatable bonds is 8. The molecule has 5 heterocycles. The molecule has 12 aromatic rings. The monoisotopic (exact) mass is 962 g/mol. The maximum absolute atomic E-state index is 2.62. The van der Waals surface area contributed by atoms with E-state index in [1.807, 2.05) is 45.3 Å². The number of para-hydroxylation sites is 2. The highest BCUT2D eigenvalue weighted by molar-refractivity contribution is 7.26. The lowest BCUT2D eigenvalue weighted by atomic mass is 9.73. The van der Waals surface area contributed by atoms with Crippen molar-refractivity contribution in [3.05, 3.63) is 202 Å². The van der Waals surface area contributed by atoms with Gasteiger partial charge in [0.1, 0.15) is 0 Å². The number of anilines is 6. The van der Waals surface area contributed by atoms with Gasteiger partial charge in [-0.3, -0.25) is 0 Å². The molecule has 4 aromatic heterocycles. The normalized spacial score (nSPS) is 13.3. The molecule has 1 aliphatic heterocycles. The molecular formula is C63H50N2S4. The van der Waals surface area contributed by atoms with E-state index in [9.17, 15) is 0 Å². The van der Waals surface area contributed by atoms with Gasteiger partial charge in [0.15, 0.2) is 0 Å². The number of thiophene rings is 4. The van der Waals surface area contributed by atoms with Crippen molar-refractivity contribution in [2.45, 2.75) is 59.8 Å². The summed E-state index contributed by atoms with van der Waals surface area (Å²) in [5.74, 6) is 0. The smallest absolute Gasteiger partial charge is 0.0555 e. The molecule has 336 valence electrons. The third-order valence-electron chi connectivity index (χ3n) is 14.6. The van der Waals surface area contributed by atoms with Crippen molar-refractivity contribution in [2.75, 3.05) is 9.80 Å². The van der Waals surface area contributed by atoms with Crippen molar-refractivity contribution in [1.29, 1.82) is 0 Å². The maximum Gasteiger partial charge on any atom is 0.0555 e. The van der Waals surface area contributed by atoms with Crippen molar-refractivity contribution >= 4 is 131 Å². The molecule has 0 spiro atoms. The van der Waals surface area contributed by atoms with Crippen LogP contribution in [0.15, 0.2) is 170 Å². The van der Waals surface area contributed by atoms with E-state index in [4.69, 9.17) is 0 Å². The van der Waals surface area contributed by atoms with Crippen LogP contribution in [-0.2, 0) is 18.3 Å². The first-order valence-corrected chi connectivity index (χ1v) is 27.4. The second kappa shape index (κ2) is 16.3. The van der Waals surface area contributed by atoms with Gasteiger partial charge in [0, 0.05) is 87.8 Å². The summed E-state index contributed by atoms with van der Waals surface area (Å²) in [7, 11) is 0. The lowest BCUT2D eigenvalue weighted by Crippen LogP contribution is -2.30. The van der Waals surface area contributed by atoms with Gasteiger partial charge in [-0.25, -0.2) is 0 Å². The van der Waals surface area contributed by atoms with Crippen LogP contribution in [0.1, 0.15) is 59.7 Å². The lowest BCUT2D eigenvalue weighted by Gasteiger charge is -2.42. The van der Waals surface area contributed by atoms with E-state index < -0.39 is 0 Å². The molecule has 8 aromatic carbocycles. The second-order valence-corrected chi connectivity index (χ2v) is 23.8. The van der Waals surface area contributed by atoms with Crippen molar-refractivity contribution < 1.29 is 0 Å². The van der Waals surface area contributed by atoms with Crippen molar-refractivity contribution in [1.82, 2.24) is 0 Å². The van der Waals surface area contributed by atoms with Crippen LogP contribution in [0.3, 0.4) is 0 Å². The summed E-state index contributed by atoms with van der Waals surface area (Å²) >= 11 is 7.57. The summed E-state index contributed by atoms with van der Waals surface area (Å²) in [5, 5.41) is 7.82. The Morgan fingerprint density at radius 2 is 1.06 bits per heavy atom. The average Bonchev–Trinajstić information content (AvgIpc) is 4.18. The number of nitrogens with zero attached hydrogens (tertiary/aromatic N) is 2. The largest absolute Gasteiger partial charge is 0.310 e. The fraction of sp³-hybridized carbons (Fsp3) is 0.143. The van der Waals surface area contributed by atoms with Gasteiger partial charge in [0.05, 0.1) is 22.7 Å². The molecule has 0 amide bonds. The summed E-state index contributed by atoms with van der Waals surface area (Å²) < 4.78 is 5.29. The van der Waals surface area contributed by atoms with E-state index in [1.165, 1.54) is 138 Å². The molecule has 0 unspecified atom stereocenters. The molecule has 0 bridgehead atoms. The van der Waals surface area contributed by atoms with Crippen LogP contribution in [0.2, 0.25) is 0 Å². The molecule has 0 saturated carbocycles. The fourth-order valence-corrected chi connectivity index (χ4v) is 15.2. The van der Waals surface area contributed by atoms with Gasteiger partial charge in [0.2, 0.25) is 0 Å². The Labute approximate surface area is 420 Å². The highest BCUT2D eigenvalue weighted by Gasteiger charge is 2.38. The topological polar surface area (TPSA) is 6.48 Å². The zero-order valence-corrected chi connectivity index (χ0v) is 42.9. The first-order chi connectivity index (χ1) is 33.7. The van der Waals surface area contributed by atoms with Crippen LogP contribution < -0.4 is 9.80 Å². The SMILES string of the molecule is CCc1ccccc1N(c1cc2sc3ccccc3c2cc1CC)c1cc2c(-c3ccc(C)s3)cc(N3c4ccccc4C(C)(C)c4cc5c(cc43)sc3ccccc35)cc2cc1-c1ccc(C)s1. The third-order valence-corrected chi connectivity index (χ3v) is 18.9. The van der Waals surface area contributed by atoms with E-state index in [0.29, 0.717) is 0 Å². The first-order valence-electron chi connectivity index (χ1n) is 24.1. The number of aryl methyl sites for hydroxylation is 4. The molecule has 0 N–H and O–H groups in total. The Kier molecular flexibility index (Phi) is 10.0. The van der Waals surface area contributed by atoms with Gasteiger partial charge < -0.3 is 9.80 Å². The minimum Gasteiger partial charge on any atom is -0.310 e. The molecule has 6 heteroatoms. The highest BCUT2D eigenvalue weighted by Crippen LogP contribution is 2.56. The Morgan fingerprint density at radius 1 is 0.435 bits per heavy atom. The number of benzene rings is 8. The van der Waals surface area contributed by atoms with E-state index in [0.717, 1.165) is 12.8 Å². The van der Waals surface area contributed by atoms with Gasteiger partial charge in [-0.2, -0.15) is 0 Å². The predicted molar refractivity (Wildman–Crippen MR) is 306 cm³/mol. The zero-order chi connectivity index (χ0) is 46.7. The Bertz CT molecular complexity index is 4020. The third kappa shape index (κ3) is 6.75. The summed E-state index contributed by atoms with van der Waals surface area (Å²) in [6.07, 6.45) is 1.83. The van der Waals surface area contributed by atoms with E-state index in [1.54, 1.807) is 0 Å². The number of hydrogen-bond acceptors (Lipinski definition) is 6. The molecule has 0 fully saturated rings. The van der Waals surface area contributed by atoms with Gasteiger partial charge >= 0.3 is 0 Å². The number of hydrogen-bond donors (Lipinski definition) is 0. The Morgan fingerprint density at radius 3 is 1.75 bits per heavy atom. The summed E-state index contributed by atoms with van der Waals surface area (Å²) in [4.78, 5) is 10.3. The molecule has 69 heavy (non-hydrogen) atoms. The molecule has 0 radical (unpaired) electrons. The van der Waals surface area contributed by atoms with Crippen LogP contribution in [0, 0.1) is 13.8 Å². The molecule has 2 nitrogen and oxygen atoms in total. The Hall–Kier alpha value is -6.54. The van der Waals surface area contributed by atoms with E-state index >= 15 is 0 Å². The number of fused-ring (bicyclic) bond motifs is 9. The molecule has 1 aliphatic rings. The van der Waals surface area contributed by atoms with Crippen molar-refractivity contribution in [3.8, 4) is 20.9 Å². The van der Waals surface area contributed by atoms with Crippen LogP contribution in [0.5, 0.6) is 0 Å². The van der Waals surface area contributed by atoms with Gasteiger partial charge in [-0.1, -0.05) is 100 Å². The van der Waals surface area contributed by atoms with Crippen LogP contribution in [-0.4, -0.2) is 0 Å². The minimum atomic E-state index is -0.211. The zero-order valence-electron chi connectivity index (χ0n) is 39.6. The van der Waals surface area contributed by atoms with E-state index in [2.05, 4.69) is 221 Å². The quantitative estimate of drug-likeness (QED) is 0.150. The molecule has 13 rings (SSSR count). The average molecular weight is 963 g/mol. The van der Waals surface area contributed by atoms with Gasteiger partial charge in [-0.15, -0.1) is 45.3 Å². The molecule has 0 saturated heterocycles. The Balaban J connectivity index is 1.12. The second-order valence-electron chi connectivity index (χ2n) is 19.1. The first kappa shape index (κ1) is 42.6. The summed E-state index contributed by atoms with van der Waals surface area (Å²) in [6, 6.07) is 65.2. The molecule has 0 aliphatic carbocycles. The molecular weight excluding hydrogens is 913 g/mol. The highest BCUT2D eigenvalue weighted by atomic mass is 32.1. The van der Waals surface area contributed by atoms with Crippen LogP contribution >= 0.6 is 45.3 Å². The maximum atomic E-state index is 2.62. The standard InChI is InChI=1S/C63H50N2S4/c1-7-39-17-9-13-21-52(39)65(54-35-61-46(30-40(54)8-2)43-18-10-15-23-57(43)68-61)55-34-45-41(31-49(55)60-28-26-38(4)67-60)29-42(32-47(45)59-27-25-37(3)66-59)64-53-22-14-12-20-50(53)63(5,6)51-33-48-44-19-11-16-24-58(44)69-62(48)36-56(51)64/h9-36H,7-8H2,1-6H3. The van der Waals surface area contributed by atoms with E-state index in [-0.39, 0.29) is 5.41 Å². The minimum absolute atomic E-state index is 0.211. The van der Waals surface area contributed by atoms with Crippen molar-refractivity contribution in [3.63, 3.8) is 0 Å². The van der Waals surface area contributed by atoms with Crippen LogP contribution in [0.4, 0.5) is 34.1 Å². The van der Waals surface area contributed by atoms with Gasteiger partial charge in [0.25, 0.3) is 0 Å². The fourth-order valence-electron chi connectivity index (χ4n) is 11.2. The summed E-state index contributed by atoms with van der Waals surface area (Å²) in [6.45, 7) is 13.9.